The summed E-state index contributed by atoms with van der Waals surface area (Å²) in [5.41, 5.74) is 2.99. The van der Waals surface area contributed by atoms with Crippen molar-refractivity contribution in [2.24, 2.45) is 5.92 Å². The Morgan fingerprint density at radius 3 is 2.63 bits per heavy atom. The van der Waals surface area contributed by atoms with Crippen LogP contribution in [0, 0.1) is 5.92 Å². The molecule has 2 heteroatoms. The normalized spacial score (nSPS) is 26.5. The molecule has 1 aromatic carbocycles. The van der Waals surface area contributed by atoms with Gasteiger partial charge in [-0.1, -0.05) is 46.8 Å². The minimum atomic E-state index is 0.518. The van der Waals surface area contributed by atoms with Crippen molar-refractivity contribution in [2.75, 3.05) is 6.54 Å². The summed E-state index contributed by atoms with van der Waals surface area (Å²) in [6, 6.07) is 7.59. The van der Waals surface area contributed by atoms with E-state index < -0.39 is 0 Å². The summed E-state index contributed by atoms with van der Waals surface area (Å²) in [6.07, 6.45) is 1.20. The summed E-state index contributed by atoms with van der Waals surface area (Å²) in [5.74, 6) is 1.29. The average molecular weight is 277 g/mol. The Hall–Kier alpha value is -0.470. The maximum atomic E-state index is 3.76. The zero-order chi connectivity index (χ0) is 14.0. The second-order valence-electron chi connectivity index (χ2n) is 6.07. The molecule has 106 valence electrons. The van der Waals surface area contributed by atoms with E-state index >= 15 is 0 Å². The van der Waals surface area contributed by atoms with Crippen LogP contribution in [0.1, 0.15) is 64.1 Å². The third kappa shape index (κ3) is 3.17. The Bertz CT molecular complexity index is 427. The third-order valence-electron chi connectivity index (χ3n) is 4.23. The highest BCUT2D eigenvalue weighted by molar-refractivity contribution is 8.00. The van der Waals surface area contributed by atoms with E-state index in [1.165, 1.54) is 22.4 Å². The van der Waals surface area contributed by atoms with Gasteiger partial charge < -0.3 is 5.32 Å². The Kier molecular flexibility index (Phi) is 4.97. The van der Waals surface area contributed by atoms with E-state index in [1.807, 2.05) is 11.8 Å². The van der Waals surface area contributed by atoms with E-state index in [1.54, 1.807) is 0 Å². The first kappa shape index (κ1) is 14.9. The topological polar surface area (TPSA) is 12.0 Å². The van der Waals surface area contributed by atoms with Crippen molar-refractivity contribution in [1.29, 1.82) is 0 Å². The lowest BCUT2D eigenvalue weighted by molar-refractivity contribution is 0.373. The zero-order valence-electron chi connectivity index (χ0n) is 12.9. The molecule has 0 bridgehead atoms. The molecule has 3 unspecified atom stereocenters. The predicted molar refractivity (Wildman–Crippen MR) is 86.0 cm³/mol. The van der Waals surface area contributed by atoms with Crippen molar-refractivity contribution in [2.45, 2.75) is 63.1 Å². The van der Waals surface area contributed by atoms with Crippen LogP contribution >= 0.6 is 11.8 Å². The van der Waals surface area contributed by atoms with E-state index in [0.29, 0.717) is 23.1 Å². The molecule has 0 radical (unpaired) electrons. The number of nitrogens with one attached hydrogen (secondary N) is 1. The summed E-state index contributed by atoms with van der Waals surface area (Å²) in [6.45, 7) is 12.6. The number of rotatable bonds is 4. The van der Waals surface area contributed by atoms with Gasteiger partial charge in [-0.05, 0) is 42.0 Å². The molecular weight excluding hydrogens is 250 g/mol. The molecule has 1 N–H and O–H groups in total. The molecule has 0 saturated carbocycles. The standard InChI is InChI=1S/C17H27NS/c1-6-9-18-17-12(4)13(5)19-16-8-7-14(11(2)3)10-15(16)17/h7-8,10-13,17-18H,6,9H2,1-5H3. The fourth-order valence-electron chi connectivity index (χ4n) is 2.73. The van der Waals surface area contributed by atoms with Crippen LogP contribution in [-0.4, -0.2) is 11.8 Å². The highest BCUT2D eigenvalue weighted by Crippen LogP contribution is 2.44. The first-order valence-corrected chi connectivity index (χ1v) is 8.46. The maximum absolute atomic E-state index is 3.76. The average Bonchev–Trinajstić information content (AvgIpc) is 2.39. The van der Waals surface area contributed by atoms with Gasteiger partial charge in [0, 0.05) is 16.2 Å². The number of hydrogen-bond acceptors (Lipinski definition) is 2. The highest BCUT2D eigenvalue weighted by Gasteiger charge is 2.31. The van der Waals surface area contributed by atoms with Gasteiger partial charge in [-0.2, -0.15) is 0 Å². The summed E-state index contributed by atoms with van der Waals surface area (Å²) < 4.78 is 0. The van der Waals surface area contributed by atoms with Crippen LogP contribution < -0.4 is 5.32 Å². The van der Waals surface area contributed by atoms with Crippen LogP contribution in [0.5, 0.6) is 0 Å². The van der Waals surface area contributed by atoms with Crippen molar-refractivity contribution < 1.29 is 0 Å². The van der Waals surface area contributed by atoms with E-state index in [9.17, 15) is 0 Å². The van der Waals surface area contributed by atoms with Crippen molar-refractivity contribution in [1.82, 2.24) is 5.32 Å². The molecule has 3 atom stereocenters. The second-order valence-corrected chi connectivity index (χ2v) is 7.48. The largest absolute Gasteiger partial charge is 0.310 e. The van der Waals surface area contributed by atoms with Crippen LogP contribution in [0.3, 0.4) is 0 Å². The van der Waals surface area contributed by atoms with E-state index in [0.717, 1.165) is 6.54 Å². The van der Waals surface area contributed by atoms with Gasteiger partial charge in [0.2, 0.25) is 0 Å². The second kappa shape index (κ2) is 6.32. The lowest BCUT2D eigenvalue weighted by Crippen LogP contribution is -2.35. The predicted octanol–water partition coefficient (Wildman–Crippen LogP) is 4.98. The number of hydrogen-bond donors (Lipinski definition) is 1. The fraction of sp³-hybridized carbons (Fsp3) is 0.647. The minimum Gasteiger partial charge on any atom is -0.310 e. The van der Waals surface area contributed by atoms with Gasteiger partial charge >= 0.3 is 0 Å². The van der Waals surface area contributed by atoms with Crippen LogP contribution in [-0.2, 0) is 0 Å². The molecule has 1 aliphatic heterocycles. The monoisotopic (exact) mass is 277 g/mol. The number of thioether (sulfide) groups is 1. The molecule has 1 aromatic rings. The lowest BCUT2D eigenvalue weighted by atomic mass is 9.89. The van der Waals surface area contributed by atoms with Gasteiger partial charge in [0.25, 0.3) is 0 Å². The van der Waals surface area contributed by atoms with Gasteiger partial charge in [-0.15, -0.1) is 11.8 Å². The summed E-state index contributed by atoms with van der Waals surface area (Å²) in [7, 11) is 0. The van der Waals surface area contributed by atoms with Crippen LogP contribution in [0.15, 0.2) is 23.1 Å². The Balaban J connectivity index is 2.36. The Morgan fingerprint density at radius 2 is 2.00 bits per heavy atom. The molecule has 0 saturated heterocycles. The summed E-state index contributed by atoms with van der Waals surface area (Å²) >= 11 is 2.04. The fourth-order valence-corrected chi connectivity index (χ4v) is 3.97. The van der Waals surface area contributed by atoms with E-state index in [4.69, 9.17) is 0 Å². The first-order valence-electron chi connectivity index (χ1n) is 7.58. The highest BCUT2D eigenvalue weighted by atomic mass is 32.2. The van der Waals surface area contributed by atoms with Crippen LogP contribution in [0.25, 0.3) is 0 Å². The summed E-state index contributed by atoms with van der Waals surface area (Å²) in [5, 5.41) is 4.45. The molecule has 0 amide bonds. The van der Waals surface area contributed by atoms with Crippen molar-refractivity contribution in [3.63, 3.8) is 0 Å². The number of fused-ring (bicyclic) bond motifs is 1. The van der Waals surface area contributed by atoms with Crippen LogP contribution in [0.4, 0.5) is 0 Å². The molecule has 0 fully saturated rings. The Labute approximate surface area is 122 Å². The lowest BCUT2D eigenvalue weighted by Gasteiger charge is -2.36. The van der Waals surface area contributed by atoms with Gasteiger partial charge in [-0.3, -0.25) is 0 Å². The SMILES string of the molecule is CCCNC1c2cc(C(C)C)ccc2SC(C)C1C. The van der Waals surface area contributed by atoms with Crippen molar-refractivity contribution in [3.8, 4) is 0 Å². The molecule has 2 rings (SSSR count). The van der Waals surface area contributed by atoms with Crippen molar-refractivity contribution >= 4 is 11.8 Å². The van der Waals surface area contributed by atoms with Gasteiger partial charge in [0.1, 0.15) is 0 Å². The van der Waals surface area contributed by atoms with Crippen LogP contribution in [0.2, 0.25) is 0 Å². The maximum Gasteiger partial charge on any atom is 0.0367 e. The van der Waals surface area contributed by atoms with Gasteiger partial charge in [-0.25, -0.2) is 0 Å². The first-order chi connectivity index (χ1) is 9.04. The van der Waals surface area contributed by atoms with E-state index in [-0.39, 0.29) is 0 Å². The van der Waals surface area contributed by atoms with Gasteiger partial charge in [0.15, 0.2) is 0 Å². The molecule has 1 nitrogen and oxygen atoms in total. The van der Waals surface area contributed by atoms with E-state index in [2.05, 4.69) is 58.1 Å². The minimum absolute atomic E-state index is 0.518. The number of benzene rings is 1. The van der Waals surface area contributed by atoms with Crippen molar-refractivity contribution in [3.05, 3.63) is 29.3 Å². The molecule has 1 heterocycles. The molecule has 1 aliphatic rings. The quantitative estimate of drug-likeness (QED) is 0.833. The van der Waals surface area contributed by atoms with Gasteiger partial charge in [0.05, 0.1) is 0 Å². The molecule has 0 aliphatic carbocycles. The molecular formula is C17H27NS. The molecule has 19 heavy (non-hydrogen) atoms. The Morgan fingerprint density at radius 1 is 1.26 bits per heavy atom. The smallest absolute Gasteiger partial charge is 0.0367 e. The zero-order valence-corrected chi connectivity index (χ0v) is 13.7. The molecule has 0 aromatic heterocycles. The summed E-state index contributed by atoms with van der Waals surface area (Å²) in [4.78, 5) is 1.48. The third-order valence-corrected chi connectivity index (χ3v) is 5.66. The molecule has 0 spiro atoms.